The smallest absolute Gasteiger partial charge is 0.257 e. The molecule has 0 atom stereocenters. The van der Waals surface area contributed by atoms with Crippen molar-refractivity contribution in [1.29, 1.82) is 0 Å². The summed E-state index contributed by atoms with van der Waals surface area (Å²) in [4.78, 5) is 16.2. The lowest BCUT2D eigenvalue weighted by molar-refractivity contribution is 0.102. The summed E-state index contributed by atoms with van der Waals surface area (Å²) in [6, 6.07) is 6.78. The number of pyridine rings is 1. The van der Waals surface area contributed by atoms with Crippen LogP contribution >= 0.6 is 27.5 Å². The van der Waals surface area contributed by atoms with Gasteiger partial charge in [-0.2, -0.15) is 0 Å². The van der Waals surface area contributed by atoms with Crippen LogP contribution in [0.25, 0.3) is 0 Å². The third kappa shape index (κ3) is 3.24. The Morgan fingerprint density at radius 2 is 2.16 bits per heavy atom. The van der Waals surface area contributed by atoms with Crippen LogP contribution < -0.4 is 11.1 Å². The first kappa shape index (κ1) is 13.8. The van der Waals surface area contributed by atoms with Crippen molar-refractivity contribution in [3.8, 4) is 0 Å². The summed E-state index contributed by atoms with van der Waals surface area (Å²) in [7, 11) is 0. The third-order valence-electron chi connectivity index (χ3n) is 2.53. The summed E-state index contributed by atoms with van der Waals surface area (Å²) >= 11 is 9.26. The zero-order chi connectivity index (χ0) is 14.0. The van der Waals surface area contributed by atoms with Crippen LogP contribution in [0.4, 0.5) is 11.4 Å². The Kier molecular flexibility index (Phi) is 4.07. The molecule has 0 aliphatic rings. The molecular weight excluding hydrogens is 330 g/mol. The molecule has 1 aromatic carbocycles. The van der Waals surface area contributed by atoms with Gasteiger partial charge in [0.25, 0.3) is 5.91 Å². The summed E-state index contributed by atoms with van der Waals surface area (Å²) < 4.78 is 0.772. The molecule has 0 unspecified atom stereocenters. The topological polar surface area (TPSA) is 68.0 Å². The molecule has 2 aromatic rings. The van der Waals surface area contributed by atoms with Gasteiger partial charge in [0.2, 0.25) is 0 Å². The maximum absolute atomic E-state index is 12.1. The van der Waals surface area contributed by atoms with Crippen molar-refractivity contribution in [3.63, 3.8) is 0 Å². The fraction of sp³-hybridized carbons (Fsp3) is 0.0769. The van der Waals surface area contributed by atoms with Gasteiger partial charge in [0.1, 0.15) is 0 Å². The van der Waals surface area contributed by atoms with Crippen LogP contribution in [0.15, 0.2) is 34.9 Å². The van der Waals surface area contributed by atoms with Gasteiger partial charge >= 0.3 is 0 Å². The Labute approximate surface area is 124 Å². The average Bonchev–Trinajstić information content (AvgIpc) is 2.36. The minimum Gasteiger partial charge on any atom is -0.397 e. The zero-order valence-electron chi connectivity index (χ0n) is 10.1. The van der Waals surface area contributed by atoms with E-state index in [4.69, 9.17) is 17.3 Å². The highest BCUT2D eigenvalue weighted by Gasteiger charge is 2.11. The van der Waals surface area contributed by atoms with Gasteiger partial charge in [-0.3, -0.25) is 9.78 Å². The molecular formula is C13H11BrClN3O. The second-order valence-electron chi connectivity index (χ2n) is 3.98. The number of hydrogen-bond donors (Lipinski definition) is 2. The van der Waals surface area contributed by atoms with Crippen molar-refractivity contribution in [2.24, 2.45) is 0 Å². The summed E-state index contributed by atoms with van der Waals surface area (Å²) in [6.07, 6.45) is 1.52. The Bertz CT molecular complexity index is 646. The lowest BCUT2D eigenvalue weighted by Crippen LogP contribution is -2.14. The number of aromatic nitrogens is 1. The van der Waals surface area contributed by atoms with Crippen molar-refractivity contribution < 1.29 is 4.79 Å². The lowest BCUT2D eigenvalue weighted by Gasteiger charge is -2.08. The predicted molar refractivity (Wildman–Crippen MR) is 80.5 cm³/mol. The average molecular weight is 341 g/mol. The van der Waals surface area contributed by atoms with E-state index in [0.717, 1.165) is 4.47 Å². The standard InChI is InChI=1S/C13H11BrClN3O/c1-7-10(4-8(16)6-17-7)13(19)18-9-2-3-11(14)12(15)5-9/h2-6H,16H2,1H3,(H,18,19). The van der Waals surface area contributed by atoms with Gasteiger partial charge in [-0.05, 0) is 47.1 Å². The van der Waals surface area contributed by atoms with Crippen molar-refractivity contribution in [1.82, 2.24) is 4.98 Å². The quantitative estimate of drug-likeness (QED) is 0.877. The van der Waals surface area contributed by atoms with Gasteiger partial charge in [-0.1, -0.05) is 11.6 Å². The number of anilines is 2. The largest absolute Gasteiger partial charge is 0.397 e. The monoisotopic (exact) mass is 339 g/mol. The molecule has 1 heterocycles. The third-order valence-corrected chi connectivity index (χ3v) is 3.76. The Morgan fingerprint density at radius 1 is 1.42 bits per heavy atom. The summed E-state index contributed by atoms with van der Waals surface area (Å²) in [5, 5.41) is 3.28. The number of halogens is 2. The highest BCUT2D eigenvalue weighted by Crippen LogP contribution is 2.26. The van der Waals surface area contributed by atoms with E-state index in [0.29, 0.717) is 27.7 Å². The Hall–Kier alpha value is -1.59. The minimum absolute atomic E-state index is 0.268. The SMILES string of the molecule is Cc1ncc(N)cc1C(=O)Nc1ccc(Br)c(Cl)c1. The highest BCUT2D eigenvalue weighted by atomic mass is 79.9. The van der Waals surface area contributed by atoms with E-state index in [-0.39, 0.29) is 5.91 Å². The number of aryl methyl sites for hydroxylation is 1. The molecule has 0 fully saturated rings. The van der Waals surface area contributed by atoms with E-state index >= 15 is 0 Å². The first-order valence-electron chi connectivity index (χ1n) is 5.46. The van der Waals surface area contributed by atoms with Crippen LogP contribution in [-0.4, -0.2) is 10.9 Å². The number of benzene rings is 1. The van der Waals surface area contributed by atoms with Crippen molar-refractivity contribution in [3.05, 3.63) is 51.2 Å². The number of hydrogen-bond acceptors (Lipinski definition) is 3. The van der Waals surface area contributed by atoms with Gasteiger partial charge < -0.3 is 11.1 Å². The summed E-state index contributed by atoms with van der Waals surface area (Å²) in [5.41, 5.74) is 7.76. The van der Waals surface area contributed by atoms with Crippen molar-refractivity contribution >= 4 is 44.8 Å². The molecule has 0 saturated heterocycles. The molecule has 0 aliphatic carbocycles. The molecule has 0 spiro atoms. The zero-order valence-corrected chi connectivity index (χ0v) is 12.4. The fourth-order valence-electron chi connectivity index (χ4n) is 1.55. The molecule has 1 amide bonds. The number of carbonyl (C=O) groups excluding carboxylic acids is 1. The first-order valence-corrected chi connectivity index (χ1v) is 6.63. The number of rotatable bonds is 2. The first-order chi connectivity index (χ1) is 8.97. The van der Waals surface area contributed by atoms with Crippen LogP contribution in [0, 0.1) is 6.92 Å². The summed E-state index contributed by atoms with van der Waals surface area (Å²) in [5.74, 6) is -0.268. The number of nitrogen functional groups attached to an aromatic ring is 1. The van der Waals surface area contributed by atoms with Gasteiger partial charge in [0.15, 0.2) is 0 Å². The van der Waals surface area contributed by atoms with E-state index in [2.05, 4.69) is 26.2 Å². The highest BCUT2D eigenvalue weighted by molar-refractivity contribution is 9.10. The van der Waals surface area contributed by atoms with Crippen LogP contribution in [-0.2, 0) is 0 Å². The van der Waals surface area contributed by atoms with E-state index in [1.165, 1.54) is 6.20 Å². The molecule has 0 bridgehead atoms. The number of nitrogens with zero attached hydrogens (tertiary/aromatic N) is 1. The molecule has 1 aromatic heterocycles. The number of nitrogens with one attached hydrogen (secondary N) is 1. The molecule has 0 saturated carbocycles. The molecule has 0 radical (unpaired) electrons. The van der Waals surface area contributed by atoms with Gasteiger partial charge in [-0.15, -0.1) is 0 Å². The van der Waals surface area contributed by atoms with Crippen LogP contribution in [0.5, 0.6) is 0 Å². The lowest BCUT2D eigenvalue weighted by atomic mass is 10.1. The number of nitrogens with two attached hydrogens (primary N) is 1. The fourth-order valence-corrected chi connectivity index (χ4v) is 1.98. The summed E-state index contributed by atoms with van der Waals surface area (Å²) in [6.45, 7) is 1.75. The Morgan fingerprint density at radius 3 is 2.84 bits per heavy atom. The maximum Gasteiger partial charge on any atom is 0.257 e. The van der Waals surface area contributed by atoms with Crippen molar-refractivity contribution in [2.45, 2.75) is 6.92 Å². The van der Waals surface area contributed by atoms with E-state index in [1.807, 2.05) is 0 Å². The predicted octanol–water partition coefficient (Wildman–Crippen LogP) is 3.64. The number of amides is 1. The van der Waals surface area contributed by atoms with Crippen molar-refractivity contribution in [2.75, 3.05) is 11.1 Å². The second kappa shape index (κ2) is 5.59. The van der Waals surface area contributed by atoms with E-state index in [9.17, 15) is 4.79 Å². The molecule has 3 N–H and O–H groups in total. The molecule has 6 heteroatoms. The van der Waals surface area contributed by atoms with E-state index in [1.54, 1.807) is 31.2 Å². The molecule has 2 rings (SSSR count). The molecule has 98 valence electrons. The molecule has 4 nitrogen and oxygen atoms in total. The Balaban J connectivity index is 2.25. The van der Waals surface area contributed by atoms with Gasteiger partial charge in [0.05, 0.1) is 28.2 Å². The van der Waals surface area contributed by atoms with Gasteiger partial charge in [0, 0.05) is 10.2 Å². The van der Waals surface area contributed by atoms with Crippen LogP contribution in [0.1, 0.15) is 16.1 Å². The minimum atomic E-state index is -0.268. The van der Waals surface area contributed by atoms with Crippen LogP contribution in [0.3, 0.4) is 0 Å². The molecule has 0 aliphatic heterocycles. The van der Waals surface area contributed by atoms with Gasteiger partial charge in [-0.25, -0.2) is 0 Å². The van der Waals surface area contributed by atoms with Crippen LogP contribution in [0.2, 0.25) is 5.02 Å². The normalized spacial score (nSPS) is 10.3. The second-order valence-corrected chi connectivity index (χ2v) is 5.25. The van der Waals surface area contributed by atoms with E-state index < -0.39 is 0 Å². The maximum atomic E-state index is 12.1. The molecule has 19 heavy (non-hydrogen) atoms. The number of carbonyl (C=O) groups is 1.